The number of amides is 2. The number of ether oxygens (including phenoxy) is 1. The maximum Gasteiger partial charge on any atom is 0.309 e. The maximum atomic E-state index is 12.1. The number of nitrogens with one attached hydrogen (secondary N) is 2. The molecule has 1 saturated heterocycles. The van der Waals surface area contributed by atoms with E-state index in [4.69, 9.17) is 9.15 Å². The van der Waals surface area contributed by atoms with Crippen LogP contribution in [0.3, 0.4) is 0 Å². The number of nitrogens with zero attached hydrogens (tertiary/aromatic N) is 2. The molecule has 30 heavy (non-hydrogen) atoms. The minimum atomic E-state index is -0.669. The summed E-state index contributed by atoms with van der Waals surface area (Å²) in [5, 5.41) is 5.20. The Morgan fingerprint density at radius 3 is 2.43 bits per heavy atom. The van der Waals surface area contributed by atoms with Gasteiger partial charge in [-0.3, -0.25) is 14.5 Å². The topological polar surface area (TPSA) is 87.0 Å². The Kier molecular flexibility index (Phi) is 7.51. The summed E-state index contributed by atoms with van der Waals surface area (Å²) in [6.07, 6.45) is 3.15. The lowest BCUT2D eigenvalue weighted by Crippen LogP contribution is -2.50. The van der Waals surface area contributed by atoms with Gasteiger partial charge < -0.3 is 24.7 Å². The zero-order valence-corrected chi connectivity index (χ0v) is 17.2. The average molecular weight is 412 g/mol. The molecule has 8 heteroatoms. The van der Waals surface area contributed by atoms with Gasteiger partial charge in [-0.2, -0.15) is 0 Å². The number of methoxy groups -OCH3 is 1. The van der Waals surface area contributed by atoms with E-state index in [0.717, 1.165) is 43.4 Å². The van der Waals surface area contributed by atoms with Crippen molar-refractivity contribution in [1.82, 2.24) is 15.5 Å². The number of carbonyl (C=O) groups is 2. The van der Waals surface area contributed by atoms with Crippen molar-refractivity contribution in [3.05, 3.63) is 61.1 Å². The van der Waals surface area contributed by atoms with E-state index in [1.165, 1.54) is 6.08 Å². The van der Waals surface area contributed by atoms with E-state index < -0.39 is 11.8 Å². The zero-order chi connectivity index (χ0) is 21.3. The lowest BCUT2D eigenvalue weighted by molar-refractivity contribution is -0.139. The monoisotopic (exact) mass is 412 g/mol. The second-order valence-corrected chi connectivity index (χ2v) is 6.96. The van der Waals surface area contributed by atoms with Crippen LogP contribution in [0.25, 0.3) is 0 Å². The number of hydrogen-bond donors (Lipinski definition) is 2. The van der Waals surface area contributed by atoms with Gasteiger partial charge in [-0.15, -0.1) is 6.58 Å². The molecule has 8 nitrogen and oxygen atoms in total. The van der Waals surface area contributed by atoms with Crippen molar-refractivity contribution in [3.63, 3.8) is 0 Å². The molecule has 160 valence electrons. The number of piperazine rings is 1. The van der Waals surface area contributed by atoms with Crippen LogP contribution < -0.4 is 20.3 Å². The van der Waals surface area contributed by atoms with E-state index in [0.29, 0.717) is 0 Å². The first kappa shape index (κ1) is 21.4. The van der Waals surface area contributed by atoms with Gasteiger partial charge in [0.2, 0.25) is 0 Å². The Labute approximate surface area is 176 Å². The predicted octanol–water partition coefficient (Wildman–Crippen LogP) is 1.57. The van der Waals surface area contributed by atoms with E-state index >= 15 is 0 Å². The molecule has 2 aromatic rings. The van der Waals surface area contributed by atoms with E-state index in [-0.39, 0.29) is 19.1 Å². The van der Waals surface area contributed by atoms with Crippen molar-refractivity contribution in [1.29, 1.82) is 0 Å². The van der Waals surface area contributed by atoms with Crippen molar-refractivity contribution < 1.29 is 18.7 Å². The molecule has 1 aromatic heterocycles. The molecule has 1 aromatic carbocycles. The van der Waals surface area contributed by atoms with E-state index in [1.54, 1.807) is 13.4 Å². The van der Waals surface area contributed by atoms with Gasteiger partial charge in [0.15, 0.2) is 0 Å². The molecule has 1 aliphatic heterocycles. The van der Waals surface area contributed by atoms with Gasteiger partial charge in [0.25, 0.3) is 0 Å². The molecule has 0 bridgehead atoms. The quantitative estimate of drug-likeness (QED) is 0.506. The number of carbonyl (C=O) groups excluding carboxylic acids is 2. The molecule has 0 radical (unpaired) electrons. The second kappa shape index (κ2) is 10.5. The summed E-state index contributed by atoms with van der Waals surface area (Å²) in [5.41, 5.74) is 1.15. The summed E-state index contributed by atoms with van der Waals surface area (Å²) in [6.45, 7) is 7.35. The van der Waals surface area contributed by atoms with Gasteiger partial charge in [-0.05, 0) is 36.4 Å². The molecular weight excluding hydrogens is 384 g/mol. The fraction of sp³-hybridized carbons (Fsp3) is 0.364. The van der Waals surface area contributed by atoms with Crippen LogP contribution >= 0.6 is 0 Å². The minimum absolute atomic E-state index is 0.144. The van der Waals surface area contributed by atoms with Gasteiger partial charge in [0, 0.05) is 45.0 Å². The molecule has 3 rings (SSSR count). The molecule has 0 spiro atoms. The third-order valence-electron chi connectivity index (χ3n) is 5.13. The Morgan fingerprint density at radius 1 is 1.13 bits per heavy atom. The lowest BCUT2D eigenvalue weighted by atomic mass is 10.1. The van der Waals surface area contributed by atoms with Crippen LogP contribution in [-0.2, 0) is 9.59 Å². The number of furan rings is 1. The van der Waals surface area contributed by atoms with Gasteiger partial charge in [0.1, 0.15) is 11.5 Å². The van der Waals surface area contributed by atoms with Crippen molar-refractivity contribution in [2.24, 2.45) is 0 Å². The van der Waals surface area contributed by atoms with E-state index in [2.05, 4.69) is 39.1 Å². The predicted molar refractivity (Wildman–Crippen MR) is 114 cm³/mol. The highest BCUT2D eigenvalue weighted by Gasteiger charge is 2.28. The van der Waals surface area contributed by atoms with Crippen LogP contribution in [0.1, 0.15) is 11.8 Å². The zero-order valence-electron chi connectivity index (χ0n) is 17.2. The Bertz CT molecular complexity index is 827. The summed E-state index contributed by atoms with van der Waals surface area (Å²) in [4.78, 5) is 28.4. The molecule has 1 atom stereocenters. The normalized spacial score (nSPS) is 15.3. The minimum Gasteiger partial charge on any atom is -0.497 e. The molecule has 0 aliphatic carbocycles. The summed E-state index contributed by atoms with van der Waals surface area (Å²) in [5.74, 6) is 0.269. The molecule has 0 saturated carbocycles. The van der Waals surface area contributed by atoms with E-state index in [1.807, 2.05) is 24.3 Å². The maximum absolute atomic E-state index is 12.1. The van der Waals surface area contributed by atoms with Crippen molar-refractivity contribution >= 4 is 17.5 Å². The van der Waals surface area contributed by atoms with Crippen LogP contribution in [0.15, 0.2) is 59.7 Å². The highest BCUT2D eigenvalue weighted by Crippen LogP contribution is 2.25. The molecule has 1 fully saturated rings. The first-order valence-electron chi connectivity index (χ1n) is 9.95. The molecule has 2 heterocycles. The second-order valence-electron chi connectivity index (χ2n) is 6.96. The van der Waals surface area contributed by atoms with Crippen LogP contribution in [0.5, 0.6) is 5.75 Å². The lowest BCUT2D eigenvalue weighted by Gasteiger charge is -2.39. The smallest absolute Gasteiger partial charge is 0.309 e. The molecule has 0 unspecified atom stereocenters. The molecule has 2 N–H and O–H groups in total. The Hall–Kier alpha value is -3.26. The molecular formula is C22H28N4O4. The molecule has 1 aliphatic rings. The number of rotatable bonds is 8. The van der Waals surface area contributed by atoms with Gasteiger partial charge in [-0.1, -0.05) is 6.08 Å². The van der Waals surface area contributed by atoms with Gasteiger partial charge in [-0.25, -0.2) is 0 Å². The van der Waals surface area contributed by atoms with Gasteiger partial charge >= 0.3 is 11.8 Å². The third kappa shape index (κ3) is 5.42. The number of benzene rings is 1. The molecule has 2 amide bonds. The highest BCUT2D eigenvalue weighted by atomic mass is 16.5. The summed E-state index contributed by atoms with van der Waals surface area (Å²) >= 11 is 0. The standard InChI is InChI=1S/C22H28N4O4/c1-3-10-23-21(27)22(28)24-16-19(20-5-4-15-30-20)26-13-11-25(12-14-26)17-6-8-18(29-2)9-7-17/h3-9,15,19H,1,10-14,16H2,2H3,(H,23,27)(H,24,28)/t19-/m1/s1. The summed E-state index contributed by atoms with van der Waals surface area (Å²) in [6, 6.07) is 11.6. The average Bonchev–Trinajstić information content (AvgIpc) is 3.32. The van der Waals surface area contributed by atoms with Crippen LogP contribution in [-0.4, -0.2) is 63.1 Å². The fourth-order valence-corrected chi connectivity index (χ4v) is 3.49. The van der Waals surface area contributed by atoms with Gasteiger partial charge in [0.05, 0.1) is 19.4 Å². The van der Waals surface area contributed by atoms with Crippen LogP contribution in [0, 0.1) is 0 Å². The SMILES string of the molecule is C=CCNC(=O)C(=O)NC[C@H](c1ccco1)N1CCN(c2ccc(OC)cc2)CC1. The first-order chi connectivity index (χ1) is 14.6. The number of hydrogen-bond acceptors (Lipinski definition) is 6. The van der Waals surface area contributed by atoms with Crippen LogP contribution in [0.2, 0.25) is 0 Å². The van der Waals surface area contributed by atoms with Crippen LogP contribution in [0.4, 0.5) is 5.69 Å². The Balaban J connectivity index is 1.59. The summed E-state index contributed by atoms with van der Waals surface area (Å²) < 4.78 is 10.8. The summed E-state index contributed by atoms with van der Waals surface area (Å²) in [7, 11) is 1.66. The largest absolute Gasteiger partial charge is 0.497 e. The van der Waals surface area contributed by atoms with Crippen molar-refractivity contribution in [3.8, 4) is 5.75 Å². The Morgan fingerprint density at radius 2 is 1.83 bits per heavy atom. The van der Waals surface area contributed by atoms with Crippen molar-refractivity contribution in [2.45, 2.75) is 6.04 Å². The third-order valence-corrected chi connectivity index (χ3v) is 5.13. The van der Waals surface area contributed by atoms with E-state index in [9.17, 15) is 9.59 Å². The first-order valence-corrected chi connectivity index (χ1v) is 9.95. The van der Waals surface area contributed by atoms with Crippen molar-refractivity contribution in [2.75, 3.05) is 51.3 Å². The number of anilines is 1. The fourth-order valence-electron chi connectivity index (χ4n) is 3.49. The highest BCUT2D eigenvalue weighted by molar-refractivity contribution is 6.35.